The summed E-state index contributed by atoms with van der Waals surface area (Å²) in [6, 6.07) is 2.79. The van der Waals surface area contributed by atoms with Crippen LogP contribution in [0.1, 0.15) is 20.8 Å². The quantitative estimate of drug-likeness (QED) is 0.626. The van der Waals surface area contributed by atoms with Crippen LogP contribution in [0.2, 0.25) is 0 Å². The summed E-state index contributed by atoms with van der Waals surface area (Å²) in [6.07, 6.45) is 0. The Bertz CT molecular complexity index is 160. The zero-order valence-electron chi connectivity index (χ0n) is 9.17. The number of rotatable bonds is 6. The Labute approximate surface area is 81.7 Å². The SMILES string of the molecule is CC(C#N)CNCCN(C)C(C)C. The summed E-state index contributed by atoms with van der Waals surface area (Å²) >= 11 is 0. The second kappa shape index (κ2) is 6.88. The van der Waals surface area contributed by atoms with Gasteiger partial charge >= 0.3 is 0 Å². The molecule has 0 aromatic rings. The molecule has 0 amide bonds. The first kappa shape index (κ1) is 12.4. The zero-order valence-corrected chi connectivity index (χ0v) is 9.17. The van der Waals surface area contributed by atoms with Crippen LogP contribution in [0.15, 0.2) is 0 Å². The van der Waals surface area contributed by atoms with Gasteiger partial charge in [0.2, 0.25) is 0 Å². The number of nitriles is 1. The van der Waals surface area contributed by atoms with E-state index in [4.69, 9.17) is 5.26 Å². The van der Waals surface area contributed by atoms with Crippen molar-refractivity contribution in [3.8, 4) is 6.07 Å². The summed E-state index contributed by atoms with van der Waals surface area (Å²) in [4.78, 5) is 2.28. The molecule has 1 atom stereocenters. The number of nitrogens with one attached hydrogen (secondary N) is 1. The predicted molar refractivity (Wildman–Crippen MR) is 55.4 cm³/mol. The van der Waals surface area contributed by atoms with Crippen molar-refractivity contribution < 1.29 is 0 Å². The van der Waals surface area contributed by atoms with E-state index in [1.54, 1.807) is 0 Å². The van der Waals surface area contributed by atoms with Gasteiger partial charge in [0.05, 0.1) is 12.0 Å². The minimum atomic E-state index is 0.115. The van der Waals surface area contributed by atoms with E-state index < -0.39 is 0 Å². The van der Waals surface area contributed by atoms with Gasteiger partial charge in [0.25, 0.3) is 0 Å². The minimum Gasteiger partial charge on any atom is -0.314 e. The van der Waals surface area contributed by atoms with Crippen LogP contribution in [-0.4, -0.2) is 37.6 Å². The molecule has 3 heteroatoms. The van der Waals surface area contributed by atoms with Gasteiger partial charge in [0.1, 0.15) is 0 Å². The van der Waals surface area contributed by atoms with Gasteiger partial charge in [0, 0.05) is 25.7 Å². The third-order valence-electron chi connectivity index (χ3n) is 2.19. The molecule has 1 unspecified atom stereocenters. The Morgan fingerprint density at radius 1 is 1.38 bits per heavy atom. The second-order valence-electron chi connectivity index (χ2n) is 3.81. The summed E-state index contributed by atoms with van der Waals surface area (Å²) < 4.78 is 0. The molecule has 3 nitrogen and oxygen atoms in total. The van der Waals surface area contributed by atoms with Crippen LogP contribution in [0, 0.1) is 17.2 Å². The van der Waals surface area contributed by atoms with Crippen LogP contribution in [0.5, 0.6) is 0 Å². The molecule has 0 radical (unpaired) electrons. The van der Waals surface area contributed by atoms with Crippen molar-refractivity contribution in [2.24, 2.45) is 5.92 Å². The molecular weight excluding hydrogens is 162 g/mol. The Kier molecular flexibility index (Phi) is 6.56. The molecule has 0 aliphatic carbocycles. The molecule has 0 aromatic heterocycles. The van der Waals surface area contributed by atoms with E-state index in [0.717, 1.165) is 19.6 Å². The summed E-state index contributed by atoms with van der Waals surface area (Å²) in [6.45, 7) is 9.08. The lowest BCUT2D eigenvalue weighted by molar-refractivity contribution is 0.272. The van der Waals surface area contributed by atoms with Gasteiger partial charge in [0.15, 0.2) is 0 Å². The van der Waals surface area contributed by atoms with Crippen molar-refractivity contribution in [1.29, 1.82) is 5.26 Å². The Balaban J connectivity index is 3.32. The molecule has 0 rings (SSSR count). The lowest BCUT2D eigenvalue weighted by Gasteiger charge is -2.21. The van der Waals surface area contributed by atoms with Crippen molar-refractivity contribution in [3.63, 3.8) is 0 Å². The molecule has 76 valence electrons. The van der Waals surface area contributed by atoms with Crippen molar-refractivity contribution in [1.82, 2.24) is 10.2 Å². The first-order valence-electron chi connectivity index (χ1n) is 4.88. The number of likely N-dealkylation sites (N-methyl/N-ethyl adjacent to an activating group) is 1. The van der Waals surface area contributed by atoms with Crippen LogP contribution in [0.25, 0.3) is 0 Å². The van der Waals surface area contributed by atoms with Crippen molar-refractivity contribution in [2.75, 3.05) is 26.7 Å². The average molecular weight is 183 g/mol. The Morgan fingerprint density at radius 3 is 2.46 bits per heavy atom. The summed E-state index contributed by atoms with van der Waals surface area (Å²) in [5.74, 6) is 0.115. The molecule has 0 aliphatic rings. The Morgan fingerprint density at radius 2 is 2.00 bits per heavy atom. The first-order chi connectivity index (χ1) is 6.07. The van der Waals surface area contributed by atoms with Gasteiger partial charge in [-0.2, -0.15) is 5.26 Å². The van der Waals surface area contributed by atoms with Crippen LogP contribution in [0.3, 0.4) is 0 Å². The maximum atomic E-state index is 8.53. The minimum absolute atomic E-state index is 0.115. The van der Waals surface area contributed by atoms with E-state index in [9.17, 15) is 0 Å². The molecule has 0 aromatic carbocycles. The van der Waals surface area contributed by atoms with E-state index in [2.05, 4.69) is 37.2 Å². The van der Waals surface area contributed by atoms with E-state index in [0.29, 0.717) is 6.04 Å². The van der Waals surface area contributed by atoms with Gasteiger partial charge < -0.3 is 10.2 Å². The van der Waals surface area contributed by atoms with Crippen molar-refractivity contribution in [2.45, 2.75) is 26.8 Å². The molecular formula is C10H21N3. The number of nitrogens with zero attached hydrogens (tertiary/aromatic N) is 2. The molecule has 0 saturated carbocycles. The third kappa shape index (κ3) is 6.56. The Hall–Kier alpha value is -0.590. The van der Waals surface area contributed by atoms with Crippen LogP contribution < -0.4 is 5.32 Å². The fraction of sp³-hybridized carbons (Fsp3) is 0.900. The van der Waals surface area contributed by atoms with Crippen molar-refractivity contribution in [3.05, 3.63) is 0 Å². The monoisotopic (exact) mass is 183 g/mol. The number of hydrogen-bond acceptors (Lipinski definition) is 3. The van der Waals surface area contributed by atoms with E-state index in [-0.39, 0.29) is 5.92 Å². The van der Waals surface area contributed by atoms with Crippen LogP contribution >= 0.6 is 0 Å². The number of hydrogen-bond donors (Lipinski definition) is 1. The van der Waals surface area contributed by atoms with E-state index in [1.807, 2.05) is 6.92 Å². The molecule has 1 N–H and O–H groups in total. The highest BCUT2D eigenvalue weighted by atomic mass is 15.1. The molecule has 0 fully saturated rings. The maximum absolute atomic E-state index is 8.53. The molecule has 0 spiro atoms. The topological polar surface area (TPSA) is 39.1 Å². The van der Waals surface area contributed by atoms with Crippen molar-refractivity contribution >= 4 is 0 Å². The maximum Gasteiger partial charge on any atom is 0.0666 e. The van der Waals surface area contributed by atoms with Gasteiger partial charge in [-0.1, -0.05) is 0 Å². The normalized spacial score (nSPS) is 13.3. The fourth-order valence-corrected chi connectivity index (χ4v) is 0.878. The zero-order chi connectivity index (χ0) is 10.3. The van der Waals surface area contributed by atoms with Gasteiger partial charge in [-0.3, -0.25) is 0 Å². The smallest absolute Gasteiger partial charge is 0.0666 e. The fourth-order valence-electron chi connectivity index (χ4n) is 0.878. The molecule has 0 saturated heterocycles. The largest absolute Gasteiger partial charge is 0.314 e. The average Bonchev–Trinajstić information content (AvgIpc) is 2.11. The lowest BCUT2D eigenvalue weighted by atomic mass is 10.2. The van der Waals surface area contributed by atoms with Gasteiger partial charge in [-0.25, -0.2) is 0 Å². The molecule has 13 heavy (non-hydrogen) atoms. The second-order valence-corrected chi connectivity index (χ2v) is 3.81. The standard InChI is InChI=1S/C10H21N3/c1-9(2)13(4)6-5-12-8-10(3)7-11/h9-10,12H,5-6,8H2,1-4H3. The predicted octanol–water partition coefficient (Wildman–Crippen LogP) is 1.08. The van der Waals surface area contributed by atoms with Gasteiger partial charge in [-0.15, -0.1) is 0 Å². The van der Waals surface area contributed by atoms with Crippen LogP contribution in [-0.2, 0) is 0 Å². The molecule has 0 heterocycles. The highest BCUT2D eigenvalue weighted by Gasteiger charge is 2.02. The first-order valence-corrected chi connectivity index (χ1v) is 4.88. The van der Waals surface area contributed by atoms with Crippen LogP contribution in [0.4, 0.5) is 0 Å². The summed E-state index contributed by atoms with van der Waals surface area (Å²) in [5, 5.41) is 11.8. The lowest BCUT2D eigenvalue weighted by Crippen LogP contribution is -2.34. The molecule has 0 bridgehead atoms. The van der Waals surface area contributed by atoms with E-state index in [1.165, 1.54) is 0 Å². The van der Waals surface area contributed by atoms with Gasteiger partial charge in [-0.05, 0) is 27.8 Å². The molecule has 0 aliphatic heterocycles. The third-order valence-corrected chi connectivity index (χ3v) is 2.19. The highest BCUT2D eigenvalue weighted by molar-refractivity contribution is 4.80. The summed E-state index contributed by atoms with van der Waals surface area (Å²) in [7, 11) is 2.11. The highest BCUT2D eigenvalue weighted by Crippen LogP contribution is 1.91. The van der Waals surface area contributed by atoms with E-state index >= 15 is 0 Å². The summed E-state index contributed by atoms with van der Waals surface area (Å²) in [5.41, 5.74) is 0.